The lowest BCUT2D eigenvalue weighted by Crippen LogP contribution is -2.39. The molecule has 0 aliphatic rings. The summed E-state index contributed by atoms with van der Waals surface area (Å²) >= 11 is 11.8. The largest absolute Gasteiger partial charge is 0.396 e. The Balaban J connectivity index is 3.10. The van der Waals surface area contributed by atoms with Gasteiger partial charge in [0.05, 0.1) is 10.0 Å². The van der Waals surface area contributed by atoms with Crippen LogP contribution in [0.3, 0.4) is 0 Å². The van der Waals surface area contributed by atoms with Gasteiger partial charge in [-0.05, 0) is 24.5 Å². The highest BCUT2D eigenvalue weighted by atomic mass is 35.5. The Morgan fingerprint density at radius 2 is 1.79 bits per heavy atom. The summed E-state index contributed by atoms with van der Waals surface area (Å²) in [7, 11) is -3.81. The van der Waals surface area contributed by atoms with Crippen LogP contribution in [0.4, 0.5) is 0 Å². The summed E-state index contributed by atoms with van der Waals surface area (Å²) < 4.78 is 27.1. The fraction of sp³-hybridized carbons (Fsp3) is 0.500. The van der Waals surface area contributed by atoms with Crippen LogP contribution in [-0.4, -0.2) is 26.2 Å². The molecule has 0 aliphatic carbocycles. The third-order valence-electron chi connectivity index (χ3n) is 2.74. The Bertz CT molecular complexity index is 512. The lowest BCUT2D eigenvalue weighted by molar-refractivity contribution is 0.256. The predicted octanol–water partition coefficient (Wildman–Crippen LogP) is 2.68. The fourth-order valence-electron chi connectivity index (χ4n) is 1.66. The first-order valence-electron chi connectivity index (χ1n) is 5.86. The van der Waals surface area contributed by atoms with Crippen LogP contribution in [0.1, 0.15) is 20.3 Å². The van der Waals surface area contributed by atoms with E-state index in [9.17, 15) is 8.42 Å². The van der Waals surface area contributed by atoms with Gasteiger partial charge in [-0.1, -0.05) is 43.1 Å². The first-order valence-corrected chi connectivity index (χ1v) is 8.10. The number of aliphatic hydroxyl groups excluding tert-OH is 1. The van der Waals surface area contributed by atoms with E-state index in [2.05, 4.69) is 4.72 Å². The minimum atomic E-state index is -3.81. The number of sulfonamides is 1. The number of hydrogen-bond donors (Lipinski definition) is 2. The monoisotopic (exact) mass is 325 g/mol. The smallest absolute Gasteiger partial charge is 0.243 e. The molecule has 1 aromatic carbocycles. The third-order valence-corrected chi connectivity index (χ3v) is 5.18. The molecular weight excluding hydrogens is 309 g/mol. The molecule has 19 heavy (non-hydrogen) atoms. The maximum atomic E-state index is 12.3. The van der Waals surface area contributed by atoms with E-state index in [-0.39, 0.29) is 33.5 Å². The maximum Gasteiger partial charge on any atom is 0.243 e. The summed E-state index contributed by atoms with van der Waals surface area (Å²) in [6.07, 6.45) is 0.332. The number of benzene rings is 1. The highest BCUT2D eigenvalue weighted by Crippen LogP contribution is 2.29. The molecule has 7 heteroatoms. The molecule has 0 saturated carbocycles. The minimum Gasteiger partial charge on any atom is -0.396 e. The van der Waals surface area contributed by atoms with Gasteiger partial charge in [0.2, 0.25) is 10.0 Å². The lowest BCUT2D eigenvalue weighted by atomic mass is 10.0. The molecule has 1 rings (SSSR count). The normalized spacial score (nSPS) is 13.8. The summed E-state index contributed by atoms with van der Waals surface area (Å²) in [5.41, 5.74) is 0. The highest BCUT2D eigenvalue weighted by molar-refractivity contribution is 7.89. The van der Waals surface area contributed by atoms with Crippen molar-refractivity contribution in [3.05, 3.63) is 28.2 Å². The van der Waals surface area contributed by atoms with Gasteiger partial charge in [-0.2, -0.15) is 0 Å². The van der Waals surface area contributed by atoms with Crippen molar-refractivity contribution in [3.8, 4) is 0 Å². The van der Waals surface area contributed by atoms with Crippen LogP contribution in [0.15, 0.2) is 23.1 Å². The minimum absolute atomic E-state index is 0.0446. The van der Waals surface area contributed by atoms with Crippen LogP contribution in [0, 0.1) is 5.92 Å². The molecule has 108 valence electrons. The molecule has 0 radical (unpaired) electrons. The average molecular weight is 326 g/mol. The van der Waals surface area contributed by atoms with Crippen LogP contribution in [-0.2, 0) is 10.0 Å². The zero-order chi connectivity index (χ0) is 14.6. The standard InChI is InChI=1S/C12H17Cl2NO3S/c1-8(2)11(6-7-16)15-19(17,18)12-9(13)4-3-5-10(12)14/h3-5,8,11,15-16H,6-7H2,1-2H3. The van der Waals surface area contributed by atoms with E-state index in [4.69, 9.17) is 28.3 Å². The Morgan fingerprint density at radius 3 is 2.21 bits per heavy atom. The van der Waals surface area contributed by atoms with Gasteiger partial charge in [0.25, 0.3) is 0 Å². The Hall–Kier alpha value is -0.330. The average Bonchev–Trinajstić information content (AvgIpc) is 2.27. The van der Waals surface area contributed by atoms with Crippen molar-refractivity contribution in [1.29, 1.82) is 0 Å². The number of halogens is 2. The van der Waals surface area contributed by atoms with Gasteiger partial charge >= 0.3 is 0 Å². The number of nitrogens with one attached hydrogen (secondary N) is 1. The number of hydrogen-bond acceptors (Lipinski definition) is 3. The van der Waals surface area contributed by atoms with Crippen LogP contribution in [0.5, 0.6) is 0 Å². The lowest BCUT2D eigenvalue weighted by Gasteiger charge is -2.22. The molecule has 2 N–H and O–H groups in total. The van der Waals surface area contributed by atoms with Crippen LogP contribution < -0.4 is 4.72 Å². The third kappa shape index (κ3) is 4.33. The van der Waals surface area contributed by atoms with Crippen molar-refractivity contribution in [2.24, 2.45) is 5.92 Å². The molecule has 0 saturated heterocycles. The molecule has 0 heterocycles. The Kier molecular flexibility index (Phi) is 6.08. The molecule has 0 amide bonds. The van der Waals surface area contributed by atoms with E-state index in [1.54, 1.807) is 6.07 Å². The van der Waals surface area contributed by atoms with E-state index in [0.29, 0.717) is 6.42 Å². The molecule has 0 aromatic heterocycles. The molecule has 1 unspecified atom stereocenters. The Morgan fingerprint density at radius 1 is 1.26 bits per heavy atom. The molecular formula is C12H17Cl2NO3S. The summed E-state index contributed by atoms with van der Waals surface area (Å²) in [6.45, 7) is 3.65. The zero-order valence-corrected chi connectivity index (χ0v) is 13.1. The first kappa shape index (κ1) is 16.7. The Labute approximate surface area is 123 Å². The van der Waals surface area contributed by atoms with E-state index < -0.39 is 10.0 Å². The van der Waals surface area contributed by atoms with Crippen LogP contribution in [0.25, 0.3) is 0 Å². The van der Waals surface area contributed by atoms with Crippen molar-refractivity contribution in [2.75, 3.05) is 6.61 Å². The zero-order valence-electron chi connectivity index (χ0n) is 10.7. The quantitative estimate of drug-likeness (QED) is 0.845. The van der Waals surface area contributed by atoms with Gasteiger partial charge < -0.3 is 5.11 Å². The van der Waals surface area contributed by atoms with Crippen molar-refractivity contribution < 1.29 is 13.5 Å². The second kappa shape index (κ2) is 6.90. The van der Waals surface area contributed by atoms with Gasteiger partial charge in [0, 0.05) is 12.6 Å². The second-order valence-electron chi connectivity index (χ2n) is 4.53. The van der Waals surface area contributed by atoms with Gasteiger partial charge in [-0.15, -0.1) is 0 Å². The predicted molar refractivity (Wildman–Crippen MR) is 77.1 cm³/mol. The van der Waals surface area contributed by atoms with E-state index in [0.717, 1.165) is 0 Å². The number of aliphatic hydroxyl groups is 1. The number of rotatable bonds is 6. The van der Waals surface area contributed by atoms with Crippen LogP contribution in [0.2, 0.25) is 10.0 Å². The second-order valence-corrected chi connectivity index (χ2v) is 7.00. The van der Waals surface area contributed by atoms with E-state index >= 15 is 0 Å². The first-order chi connectivity index (χ1) is 8.79. The SMILES string of the molecule is CC(C)C(CCO)NS(=O)(=O)c1c(Cl)cccc1Cl. The maximum absolute atomic E-state index is 12.3. The molecule has 0 aliphatic heterocycles. The topological polar surface area (TPSA) is 66.4 Å². The summed E-state index contributed by atoms with van der Waals surface area (Å²) in [5.74, 6) is 0.0446. The van der Waals surface area contributed by atoms with Crippen molar-refractivity contribution >= 4 is 33.2 Å². The summed E-state index contributed by atoms with van der Waals surface area (Å²) in [5, 5.41) is 9.13. The fourth-order valence-corrected chi connectivity index (χ4v) is 4.23. The molecule has 0 spiro atoms. The van der Waals surface area contributed by atoms with Crippen LogP contribution >= 0.6 is 23.2 Å². The van der Waals surface area contributed by atoms with Gasteiger partial charge in [0.1, 0.15) is 4.90 Å². The molecule has 4 nitrogen and oxygen atoms in total. The molecule has 0 bridgehead atoms. The van der Waals surface area contributed by atoms with Gasteiger partial charge in [0.15, 0.2) is 0 Å². The van der Waals surface area contributed by atoms with E-state index in [1.165, 1.54) is 12.1 Å². The highest BCUT2D eigenvalue weighted by Gasteiger charge is 2.26. The van der Waals surface area contributed by atoms with Crippen molar-refractivity contribution in [2.45, 2.75) is 31.2 Å². The molecule has 0 fully saturated rings. The van der Waals surface area contributed by atoms with Crippen molar-refractivity contribution in [3.63, 3.8) is 0 Å². The van der Waals surface area contributed by atoms with Gasteiger partial charge in [-0.3, -0.25) is 0 Å². The molecule has 1 aromatic rings. The van der Waals surface area contributed by atoms with E-state index in [1.807, 2.05) is 13.8 Å². The summed E-state index contributed by atoms with van der Waals surface area (Å²) in [4.78, 5) is -0.123. The van der Waals surface area contributed by atoms with Crippen molar-refractivity contribution in [1.82, 2.24) is 4.72 Å². The molecule has 1 atom stereocenters. The van der Waals surface area contributed by atoms with Gasteiger partial charge in [-0.25, -0.2) is 13.1 Å². The summed E-state index contributed by atoms with van der Waals surface area (Å²) in [6, 6.07) is 4.15.